The molecule has 1 rings (SSSR count). The Balaban J connectivity index is 2.47. The van der Waals surface area contributed by atoms with E-state index in [1.165, 1.54) is 51.6 Å². The van der Waals surface area contributed by atoms with Gasteiger partial charge >= 0.3 is 0 Å². The van der Waals surface area contributed by atoms with Crippen molar-refractivity contribution in [2.24, 2.45) is 11.7 Å². The van der Waals surface area contributed by atoms with Gasteiger partial charge in [0.1, 0.15) is 0 Å². The lowest BCUT2D eigenvalue weighted by Crippen LogP contribution is -2.45. The molecule has 1 aliphatic carbocycles. The fraction of sp³-hybridized carbons (Fsp3) is 1.00. The molecule has 0 radical (unpaired) electrons. The molecule has 0 heterocycles. The summed E-state index contributed by atoms with van der Waals surface area (Å²) in [5, 5.41) is 0. The van der Waals surface area contributed by atoms with Gasteiger partial charge < -0.3 is 10.6 Å². The third kappa shape index (κ3) is 3.76. The maximum atomic E-state index is 5.89. The Morgan fingerprint density at radius 2 is 1.93 bits per heavy atom. The summed E-state index contributed by atoms with van der Waals surface area (Å²) >= 11 is 0. The zero-order valence-corrected chi connectivity index (χ0v) is 10.5. The van der Waals surface area contributed by atoms with E-state index in [9.17, 15) is 0 Å². The molecule has 0 aromatic heterocycles. The van der Waals surface area contributed by atoms with Crippen molar-refractivity contribution in [3.63, 3.8) is 0 Å². The number of nitrogens with zero attached hydrogens (tertiary/aromatic N) is 1. The monoisotopic (exact) mass is 212 g/mol. The summed E-state index contributed by atoms with van der Waals surface area (Å²) in [4.78, 5) is 2.67. The van der Waals surface area contributed by atoms with Crippen LogP contribution in [-0.4, -0.2) is 30.6 Å². The standard InChI is InChI=1S/C13H28N2/c1-3-5-10-15(4-2)13-9-7-6-8-12(13)11-14/h12-13H,3-11,14H2,1-2H3. The van der Waals surface area contributed by atoms with E-state index < -0.39 is 0 Å². The summed E-state index contributed by atoms with van der Waals surface area (Å²) in [7, 11) is 0. The van der Waals surface area contributed by atoms with Gasteiger partial charge in [-0.2, -0.15) is 0 Å². The van der Waals surface area contributed by atoms with E-state index in [-0.39, 0.29) is 0 Å². The predicted molar refractivity (Wildman–Crippen MR) is 67.0 cm³/mol. The van der Waals surface area contributed by atoms with Crippen LogP contribution in [0.3, 0.4) is 0 Å². The van der Waals surface area contributed by atoms with Crippen molar-refractivity contribution in [3.8, 4) is 0 Å². The van der Waals surface area contributed by atoms with Crippen molar-refractivity contribution in [3.05, 3.63) is 0 Å². The summed E-state index contributed by atoms with van der Waals surface area (Å²) in [5.74, 6) is 0.760. The maximum absolute atomic E-state index is 5.89. The molecule has 1 fully saturated rings. The van der Waals surface area contributed by atoms with Crippen LogP contribution in [0.25, 0.3) is 0 Å². The van der Waals surface area contributed by atoms with Crippen LogP contribution in [0.1, 0.15) is 52.4 Å². The summed E-state index contributed by atoms with van der Waals surface area (Å²) in [6, 6.07) is 0.778. The second-order valence-corrected chi connectivity index (χ2v) is 4.83. The van der Waals surface area contributed by atoms with Crippen molar-refractivity contribution in [2.45, 2.75) is 58.4 Å². The fourth-order valence-electron chi connectivity index (χ4n) is 2.86. The minimum Gasteiger partial charge on any atom is -0.330 e. The molecule has 0 aromatic rings. The van der Waals surface area contributed by atoms with E-state index in [1.807, 2.05) is 0 Å². The van der Waals surface area contributed by atoms with Gasteiger partial charge in [0.05, 0.1) is 0 Å². The van der Waals surface area contributed by atoms with Crippen molar-refractivity contribution < 1.29 is 0 Å². The third-order valence-electron chi connectivity index (χ3n) is 3.85. The Bertz CT molecular complexity index is 159. The van der Waals surface area contributed by atoms with Gasteiger partial charge in [-0.25, -0.2) is 0 Å². The molecule has 0 bridgehead atoms. The normalized spacial score (nSPS) is 27.2. The van der Waals surface area contributed by atoms with Gasteiger partial charge in [-0.05, 0) is 44.8 Å². The SMILES string of the molecule is CCCCN(CC)C1CCCCC1CN. The van der Waals surface area contributed by atoms with Crippen molar-refractivity contribution in [1.29, 1.82) is 0 Å². The number of hydrogen-bond acceptors (Lipinski definition) is 2. The van der Waals surface area contributed by atoms with E-state index in [4.69, 9.17) is 5.73 Å². The Hall–Kier alpha value is -0.0800. The molecule has 2 nitrogen and oxygen atoms in total. The number of unbranched alkanes of at least 4 members (excludes halogenated alkanes) is 1. The molecule has 0 aliphatic heterocycles. The van der Waals surface area contributed by atoms with Crippen LogP contribution in [0.15, 0.2) is 0 Å². The summed E-state index contributed by atoms with van der Waals surface area (Å²) in [6.45, 7) is 7.91. The van der Waals surface area contributed by atoms with Crippen LogP contribution < -0.4 is 5.73 Å². The Morgan fingerprint density at radius 3 is 2.53 bits per heavy atom. The smallest absolute Gasteiger partial charge is 0.0135 e. The highest BCUT2D eigenvalue weighted by molar-refractivity contribution is 4.83. The van der Waals surface area contributed by atoms with Crippen LogP contribution in [0.2, 0.25) is 0 Å². The van der Waals surface area contributed by atoms with Crippen LogP contribution in [0.4, 0.5) is 0 Å². The lowest BCUT2D eigenvalue weighted by atomic mass is 9.83. The molecule has 0 saturated heterocycles. The molecule has 0 amide bonds. The van der Waals surface area contributed by atoms with E-state index in [2.05, 4.69) is 18.7 Å². The molecule has 1 aliphatic rings. The highest BCUT2D eigenvalue weighted by atomic mass is 15.2. The molecular weight excluding hydrogens is 184 g/mol. The molecular formula is C13H28N2. The highest BCUT2D eigenvalue weighted by Gasteiger charge is 2.27. The molecule has 1 saturated carbocycles. The van der Waals surface area contributed by atoms with E-state index in [0.717, 1.165) is 18.5 Å². The van der Waals surface area contributed by atoms with E-state index >= 15 is 0 Å². The fourth-order valence-corrected chi connectivity index (χ4v) is 2.86. The quantitative estimate of drug-likeness (QED) is 0.733. The molecule has 2 unspecified atom stereocenters. The van der Waals surface area contributed by atoms with Gasteiger partial charge in [-0.15, -0.1) is 0 Å². The lowest BCUT2D eigenvalue weighted by Gasteiger charge is -2.39. The van der Waals surface area contributed by atoms with Gasteiger partial charge in [-0.3, -0.25) is 0 Å². The zero-order chi connectivity index (χ0) is 11.1. The molecule has 2 heteroatoms. The Kier molecular flexibility index (Phi) is 6.26. The van der Waals surface area contributed by atoms with Gasteiger partial charge in [0.2, 0.25) is 0 Å². The average molecular weight is 212 g/mol. The van der Waals surface area contributed by atoms with Gasteiger partial charge in [0, 0.05) is 6.04 Å². The number of rotatable bonds is 6. The summed E-state index contributed by atoms with van der Waals surface area (Å²) < 4.78 is 0. The van der Waals surface area contributed by atoms with Gasteiger partial charge in [0.25, 0.3) is 0 Å². The number of hydrogen-bond donors (Lipinski definition) is 1. The second-order valence-electron chi connectivity index (χ2n) is 4.83. The van der Waals surface area contributed by atoms with Gasteiger partial charge in [-0.1, -0.05) is 33.1 Å². The molecule has 0 aromatic carbocycles. The number of nitrogens with two attached hydrogens (primary N) is 1. The average Bonchev–Trinajstić information content (AvgIpc) is 2.30. The first kappa shape index (κ1) is 13.0. The van der Waals surface area contributed by atoms with Crippen LogP contribution in [0, 0.1) is 5.92 Å². The minimum atomic E-state index is 0.760. The minimum absolute atomic E-state index is 0.760. The molecule has 15 heavy (non-hydrogen) atoms. The second kappa shape index (κ2) is 7.24. The van der Waals surface area contributed by atoms with Crippen LogP contribution >= 0.6 is 0 Å². The summed E-state index contributed by atoms with van der Waals surface area (Å²) in [5.41, 5.74) is 5.89. The Morgan fingerprint density at radius 1 is 1.20 bits per heavy atom. The highest BCUT2D eigenvalue weighted by Crippen LogP contribution is 2.27. The molecule has 90 valence electrons. The van der Waals surface area contributed by atoms with Crippen molar-refractivity contribution in [1.82, 2.24) is 4.90 Å². The molecule has 2 atom stereocenters. The first-order valence-electron chi connectivity index (χ1n) is 6.77. The Labute approximate surface area is 95.2 Å². The largest absolute Gasteiger partial charge is 0.330 e. The molecule has 2 N–H and O–H groups in total. The van der Waals surface area contributed by atoms with Crippen LogP contribution in [-0.2, 0) is 0 Å². The topological polar surface area (TPSA) is 29.3 Å². The zero-order valence-electron chi connectivity index (χ0n) is 10.5. The maximum Gasteiger partial charge on any atom is 0.0135 e. The molecule has 0 spiro atoms. The summed E-state index contributed by atoms with van der Waals surface area (Å²) in [6.07, 6.45) is 8.16. The first-order chi connectivity index (χ1) is 7.33. The van der Waals surface area contributed by atoms with Gasteiger partial charge in [0.15, 0.2) is 0 Å². The first-order valence-corrected chi connectivity index (χ1v) is 6.77. The van der Waals surface area contributed by atoms with Crippen molar-refractivity contribution >= 4 is 0 Å². The van der Waals surface area contributed by atoms with E-state index in [0.29, 0.717) is 0 Å². The predicted octanol–water partition coefficient (Wildman–Crippen LogP) is 2.63. The van der Waals surface area contributed by atoms with Crippen LogP contribution in [0.5, 0.6) is 0 Å². The van der Waals surface area contributed by atoms with Crippen molar-refractivity contribution in [2.75, 3.05) is 19.6 Å². The third-order valence-corrected chi connectivity index (χ3v) is 3.85. The lowest BCUT2D eigenvalue weighted by molar-refractivity contribution is 0.111. The van der Waals surface area contributed by atoms with E-state index in [1.54, 1.807) is 0 Å².